The topological polar surface area (TPSA) is 40.5 Å². The van der Waals surface area contributed by atoms with E-state index in [-0.39, 0.29) is 12.2 Å². The van der Waals surface area contributed by atoms with Crippen LogP contribution in [0.25, 0.3) is 0 Å². The van der Waals surface area contributed by atoms with Crippen LogP contribution in [-0.4, -0.2) is 10.2 Å². The van der Waals surface area contributed by atoms with Gasteiger partial charge in [0.25, 0.3) is 0 Å². The third-order valence-electron chi connectivity index (χ3n) is 4.87. The number of rotatable bonds is 14. The lowest BCUT2D eigenvalue weighted by molar-refractivity contribution is 0.159. The summed E-state index contributed by atoms with van der Waals surface area (Å²) in [5.41, 5.74) is 1.95. The minimum atomic E-state index is -0.369. The van der Waals surface area contributed by atoms with Crippen molar-refractivity contribution in [1.29, 1.82) is 0 Å². The van der Waals surface area contributed by atoms with Crippen molar-refractivity contribution >= 4 is 0 Å². The highest BCUT2D eigenvalue weighted by Gasteiger charge is 2.10. The van der Waals surface area contributed by atoms with Crippen LogP contribution in [0.15, 0.2) is 24.3 Å². The van der Waals surface area contributed by atoms with Crippen molar-refractivity contribution in [2.24, 2.45) is 0 Å². The SMILES string of the molecule is CCCCCCCC(O)c1ccc(C(O)CCCCCCC)cc1. The molecule has 0 aliphatic rings. The number of hydrogen-bond acceptors (Lipinski definition) is 2. The van der Waals surface area contributed by atoms with Gasteiger partial charge in [0, 0.05) is 0 Å². The molecule has 24 heavy (non-hydrogen) atoms. The van der Waals surface area contributed by atoms with E-state index in [1.54, 1.807) is 0 Å². The first-order valence-corrected chi connectivity index (χ1v) is 10.1. The Balaban J connectivity index is 2.30. The van der Waals surface area contributed by atoms with Gasteiger partial charge in [-0.1, -0.05) is 102 Å². The number of aliphatic hydroxyl groups excluding tert-OH is 2. The second-order valence-corrected chi connectivity index (χ2v) is 7.10. The van der Waals surface area contributed by atoms with Crippen LogP contribution in [-0.2, 0) is 0 Å². The summed E-state index contributed by atoms with van der Waals surface area (Å²) in [5.74, 6) is 0. The van der Waals surface area contributed by atoms with E-state index in [0.29, 0.717) is 0 Å². The smallest absolute Gasteiger partial charge is 0.0790 e. The number of unbranched alkanes of at least 4 members (excludes halogenated alkanes) is 8. The average Bonchev–Trinajstić information content (AvgIpc) is 2.61. The Morgan fingerprint density at radius 1 is 0.583 bits per heavy atom. The van der Waals surface area contributed by atoms with E-state index >= 15 is 0 Å². The zero-order valence-corrected chi connectivity index (χ0v) is 15.8. The maximum atomic E-state index is 10.3. The van der Waals surface area contributed by atoms with Crippen LogP contribution < -0.4 is 0 Å². The molecule has 0 spiro atoms. The van der Waals surface area contributed by atoms with Gasteiger partial charge < -0.3 is 10.2 Å². The lowest BCUT2D eigenvalue weighted by Gasteiger charge is -2.14. The van der Waals surface area contributed by atoms with Crippen molar-refractivity contribution < 1.29 is 10.2 Å². The Morgan fingerprint density at radius 2 is 0.917 bits per heavy atom. The maximum Gasteiger partial charge on any atom is 0.0790 e. The van der Waals surface area contributed by atoms with Gasteiger partial charge in [-0.05, 0) is 24.0 Å². The Kier molecular flexibility index (Phi) is 11.9. The van der Waals surface area contributed by atoms with Gasteiger partial charge in [-0.15, -0.1) is 0 Å². The standard InChI is InChI=1S/C22H38O2/c1-3-5-7-9-11-13-21(23)19-15-17-20(18-16-19)22(24)14-12-10-8-6-4-2/h15-18,21-24H,3-14H2,1-2H3. The number of benzene rings is 1. The van der Waals surface area contributed by atoms with Crippen molar-refractivity contribution in [3.05, 3.63) is 35.4 Å². The molecule has 0 saturated heterocycles. The van der Waals surface area contributed by atoms with Crippen LogP contribution >= 0.6 is 0 Å². The van der Waals surface area contributed by atoms with Crippen LogP contribution in [0.3, 0.4) is 0 Å². The van der Waals surface area contributed by atoms with E-state index < -0.39 is 0 Å². The zero-order chi connectivity index (χ0) is 17.6. The second-order valence-electron chi connectivity index (χ2n) is 7.10. The highest BCUT2D eigenvalue weighted by molar-refractivity contribution is 5.25. The molecule has 138 valence electrons. The zero-order valence-electron chi connectivity index (χ0n) is 15.8. The molecule has 1 aromatic carbocycles. The number of aliphatic hydroxyl groups is 2. The van der Waals surface area contributed by atoms with Crippen molar-refractivity contribution in [2.45, 2.75) is 103 Å². The molecule has 1 aromatic rings. The fraction of sp³-hybridized carbons (Fsp3) is 0.727. The lowest BCUT2D eigenvalue weighted by atomic mass is 9.98. The molecule has 0 fully saturated rings. The van der Waals surface area contributed by atoms with E-state index in [0.717, 1.165) is 36.8 Å². The predicted octanol–water partition coefficient (Wildman–Crippen LogP) is 6.47. The van der Waals surface area contributed by atoms with Crippen LogP contribution in [0.5, 0.6) is 0 Å². The third-order valence-corrected chi connectivity index (χ3v) is 4.87. The van der Waals surface area contributed by atoms with E-state index in [4.69, 9.17) is 0 Å². The molecule has 2 unspecified atom stereocenters. The van der Waals surface area contributed by atoms with E-state index in [1.165, 1.54) is 51.4 Å². The molecule has 1 rings (SSSR count). The summed E-state index contributed by atoms with van der Waals surface area (Å²) in [4.78, 5) is 0. The summed E-state index contributed by atoms with van der Waals surface area (Å²) in [5, 5.41) is 20.5. The van der Waals surface area contributed by atoms with Gasteiger partial charge >= 0.3 is 0 Å². The second kappa shape index (κ2) is 13.4. The Hall–Kier alpha value is -0.860. The summed E-state index contributed by atoms with van der Waals surface area (Å²) in [7, 11) is 0. The largest absolute Gasteiger partial charge is 0.388 e. The van der Waals surface area contributed by atoms with Gasteiger partial charge in [0.15, 0.2) is 0 Å². The van der Waals surface area contributed by atoms with E-state index in [9.17, 15) is 10.2 Å². The first-order chi connectivity index (χ1) is 11.7. The fourth-order valence-corrected chi connectivity index (χ4v) is 3.16. The molecule has 2 heteroatoms. The molecule has 2 nitrogen and oxygen atoms in total. The van der Waals surface area contributed by atoms with Gasteiger partial charge in [0.05, 0.1) is 12.2 Å². The minimum absolute atomic E-state index is 0.369. The molecule has 0 aliphatic heterocycles. The van der Waals surface area contributed by atoms with Crippen LogP contribution in [0.2, 0.25) is 0 Å². The van der Waals surface area contributed by atoms with Crippen molar-refractivity contribution in [1.82, 2.24) is 0 Å². The molecular formula is C22H38O2. The quantitative estimate of drug-likeness (QED) is 0.382. The summed E-state index contributed by atoms with van der Waals surface area (Å²) < 4.78 is 0. The molecular weight excluding hydrogens is 296 g/mol. The Bertz CT molecular complexity index is 360. The highest BCUT2D eigenvalue weighted by Crippen LogP contribution is 2.24. The maximum absolute atomic E-state index is 10.3. The first kappa shape index (κ1) is 21.2. The monoisotopic (exact) mass is 334 g/mol. The van der Waals surface area contributed by atoms with Crippen molar-refractivity contribution in [3.63, 3.8) is 0 Å². The number of hydrogen-bond donors (Lipinski definition) is 2. The molecule has 2 atom stereocenters. The summed E-state index contributed by atoms with van der Waals surface area (Å²) in [6.45, 7) is 4.44. The molecule has 0 heterocycles. The highest BCUT2D eigenvalue weighted by atomic mass is 16.3. The van der Waals surface area contributed by atoms with Crippen LogP contribution in [0, 0.1) is 0 Å². The molecule has 0 bridgehead atoms. The normalized spacial score (nSPS) is 13.8. The summed E-state index contributed by atoms with van der Waals surface area (Å²) in [6.07, 6.45) is 13.2. The van der Waals surface area contributed by atoms with Gasteiger partial charge in [0.1, 0.15) is 0 Å². The Morgan fingerprint density at radius 3 is 1.25 bits per heavy atom. The molecule has 0 aliphatic carbocycles. The predicted molar refractivity (Wildman–Crippen MR) is 103 cm³/mol. The fourth-order valence-electron chi connectivity index (χ4n) is 3.16. The van der Waals surface area contributed by atoms with Crippen molar-refractivity contribution in [3.8, 4) is 0 Å². The van der Waals surface area contributed by atoms with Gasteiger partial charge in [-0.25, -0.2) is 0 Å². The average molecular weight is 335 g/mol. The third kappa shape index (κ3) is 8.84. The van der Waals surface area contributed by atoms with Crippen molar-refractivity contribution in [2.75, 3.05) is 0 Å². The Labute approximate surface area is 149 Å². The minimum Gasteiger partial charge on any atom is -0.388 e. The van der Waals surface area contributed by atoms with Crippen LogP contribution in [0.1, 0.15) is 114 Å². The van der Waals surface area contributed by atoms with Gasteiger partial charge in [0.2, 0.25) is 0 Å². The van der Waals surface area contributed by atoms with Crippen LogP contribution in [0.4, 0.5) is 0 Å². The molecule has 0 amide bonds. The molecule has 0 aromatic heterocycles. The first-order valence-electron chi connectivity index (χ1n) is 10.1. The van der Waals surface area contributed by atoms with E-state index in [2.05, 4.69) is 13.8 Å². The molecule has 0 radical (unpaired) electrons. The van der Waals surface area contributed by atoms with Gasteiger partial charge in [-0.2, -0.15) is 0 Å². The summed E-state index contributed by atoms with van der Waals surface area (Å²) >= 11 is 0. The van der Waals surface area contributed by atoms with Gasteiger partial charge in [-0.3, -0.25) is 0 Å². The molecule has 0 saturated carbocycles. The molecule has 2 N–H and O–H groups in total. The summed E-state index contributed by atoms with van der Waals surface area (Å²) in [6, 6.07) is 7.91. The lowest BCUT2D eigenvalue weighted by Crippen LogP contribution is -2.01. The van der Waals surface area contributed by atoms with E-state index in [1.807, 2.05) is 24.3 Å².